The molecule has 22 heavy (non-hydrogen) atoms. The van der Waals surface area contributed by atoms with E-state index in [0.29, 0.717) is 31.7 Å². The van der Waals surface area contributed by atoms with Gasteiger partial charge in [-0.3, -0.25) is 4.79 Å². The molecule has 1 fully saturated rings. The Hall–Kier alpha value is -1.75. The van der Waals surface area contributed by atoms with Crippen LogP contribution in [0.3, 0.4) is 0 Å². The van der Waals surface area contributed by atoms with Gasteiger partial charge in [0.2, 0.25) is 0 Å². The second kappa shape index (κ2) is 7.49. The fourth-order valence-electron chi connectivity index (χ4n) is 2.28. The number of nitrogens with zero attached hydrogens (tertiary/aromatic N) is 2. The first-order valence-corrected chi connectivity index (χ1v) is 7.28. The summed E-state index contributed by atoms with van der Waals surface area (Å²) in [7, 11) is 0. The first-order valence-electron chi connectivity index (χ1n) is 7.28. The number of benzene rings is 1. The Kier molecular flexibility index (Phi) is 6.23. The largest absolute Gasteiger partial charge is 0.335 e. The summed E-state index contributed by atoms with van der Waals surface area (Å²) in [5.74, 6) is 0.0338. The van der Waals surface area contributed by atoms with E-state index in [4.69, 9.17) is 0 Å². The summed E-state index contributed by atoms with van der Waals surface area (Å²) >= 11 is 0. The van der Waals surface area contributed by atoms with Gasteiger partial charge >= 0.3 is 6.03 Å². The van der Waals surface area contributed by atoms with Crippen LogP contribution < -0.4 is 5.32 Å². The molecule has 0 bridgehead atoms. The zero-order chi connectivity index (χ0) is 15.5. The van der Waals surface area contributed by atoms with Gasteiger partial charge in [0.15, 0.2) is 0 Å². The molecule has 0 radical (unpaired) electrons. The van der Waals surface area contributed by atoms with E-state index < -0.39 is 0 Å². The van der Waals surface area contributed by atoms with Crippen LogP contribution >= 0.6 is 12.4 Å². The van der Waals surface area contributed by atoms with Crippen LogP contribution in [0.15, 0.2) is 30.3 Å². The molecule has 122 valence electrons. The molecule has 0 aliphatic carbocycles. The minimum absolute atomic E-state index is 0. The van der Waals surface area contributed by atoms with Crippen LogP contribution in [0.2, 0.25) is 0 Å². The highest BCUT2D eigenvalue weighted by molar-refractivity contribution is 5.94. The number of piperazine rings is 1. The fourth-order valence-corrected chi connectivity index (χ4v) is 2.28. The van der Waals surface area contributed by atoms with Crippen molar-refractivity contribution in [1.29, 1.82) is 0 Å². The summed E-state index contributed by atoms with van der Waals surface area (Å²) in [6.45, 7) is 8.16. The lowest BCUT2D eigenvalue weighted by Gasteiger charge is -2.36. The summed E-state index contributed by atoms with van der Waals surface area (Å²) in [5, 5.41) is 2.95. The normalized spacial score (nSPS) is 15.0. The van der Waals surface area contributed by atoms with Crippen molar-refractivity contribution in [3.63, 3.8) is 0 Å². The quantitative estimate of drug-likeness (QED) is 0.862. The number of halogens is 1. The molecular formula is C16H24ClN3O2. The van der Waals surface area contributed by atoms with E-state index in [1.165, 1.54) is 0 Å². The van der Waals surface area contributed by atoms with Crippen molar-refractivity contribution in [1.82, 2.24) is 15.1 Å². The second-order valence-corrected chi connectivity index (χ2v) is 6.33. The van der Waals surface area contributed by atoms with Gasteiger partial charge in [0.1, 0.15) is 0 Å². The highest BCUT2D eigenvalue weighted by atomic mass is 35.5. The molecule has 0 aromatic heterocycles. The van der Waals surface area contributed by atoms with Crippen LogP contribution in [0, 0.1) is 0 Å². The first kappa shape index (κ1) is 18.3. The predicted molar refractivity (Wildman–Crippen MR) is 89.5 cm³/mol. The summed E-state index contributed by atoms with van der Waals surface area (Å²) in [6.07, 6.45) is 0. The molecule has 1 aromatic carbocycles. The molecule has 6 heteroatoms. The number of carbonyl (C=O) groups is 2. The highest BCUT2D eigenvalue weighted by Gasteiger charge is 2.26. The third-order valence-corrected chi connectivity index (χ3v) is 3.36. The number of nitrogens with one attached hydrogen (secondary N) is 1. The average molecular weight is 326 g/mol. The lowest BCUT2D eigenvalue weighted by atomic mass is 10.1. The summed E-state index contributed by atoms with van der Waals surface area (Å²) in [4.78, 5) is 27.9. The van der Waals surface area contributed by atoms with Gasteiger partial charge in [0, 0.05) is 37.3 Å². The summed E-state index contributed by atoms with van der Waals surface area (Å²) in [5.41, 5.74) is 0.457. The van der Waals surface area contributed by atoms with Crippen LogP contribution in [0.5, 0.6) is 0 Å². The number of hydrogen-bond donors (Lipinski definition) is 1. The zero-order valence-electron chi connectivity index (χ0n) is 13.3. The molecule has 1 saturated heterocycles. The number of urea groups is 1. The molecule has 2 rings (SSSR count). The van der Waals surface area contributed by atoms with Gasteiger partial charge in [-0.05, 0) is 32.9 Å². The maximum absolute atomic E-state index is 12.3. The Morgan fingerprint density at radius 1 is 0.955 bits per heavy atom. The van der Waals surface area contributed by atoms with E-state index >= 15 is 0 Å². The maximum atomic E-state index is 12.3. The van der Waals surface area contributed by atoms with Gasteiger partial charge in [-0.25, -0.2) is 4.79 Å². The van der Waals surface area contributed by atoms with Gasteiger partial charge < -0.3 is 15.1 Å². The highest BCUT2D eigenvalue weighted by Crippen LogP contribution is 2.10. The average Bonchev–Trinajstić information content (AvgIpc) is 2.46. The molecule has 0 spiro atoms. The van der Waals surface area contributed by atoms with Crippen LogP contribution in [0.4, 0.5) is 4.79 Å². The predicted octanol–water partition coefficient (Wildman–Crippen LogP) is 2.37. The third-order valence-electron chi connectivity index (χ3n) is 3.36. The van der Waals surface area contributed by atoms with Crippen molar-refractivity contribution in [2.45, 2.75) is 26.3 Å². The Balaban J connectivity index is 0.00000242. The molecule has 0 atom stereocenters. The summed E-state index contributed by atoms with van der Waals surface area (Å²) < 4.78 is 0. The van der Waals surface area contributed by atoms with Crippen molar-refractivity contribution in [3.05, 3.63) is 35.9 Å². The Morgan fingerprint density at radius 3 is 1.95 bits per heavy atom. The number of rotatable bonds is 1. The molecule has 1 aromatic rings. The summed E-state index contributed by atoms with van der Waals surface area (Å²) in [6, 6.07) is 9.20. The molecular weight excluding hydrogens is 302 g/mol. The second-order valence-electron chi connectivity index (χ2n) is 6.33. The van der Waals surface area contributed by atoms with Gasteiger partial charge in [-0.1, -0.05) is 18.2 Å². The molecule has 1 aliphatic rings. The Labute approximate surface area is 138 Å². The van der Waals surface area contributed by atoms with Crippen molar-refractivity contribution in [3.8, 4) is 0 Å². The van der Waals surface area contributed by atoms with E-state index in [0.717, 1.165) is 0 Å². The van der Waals surface area contributed by atoms with Crippen molar-refractivity contribution >= 4 is 24.3 Å². The van der Waals surface area contributed by atoms with E-state index in [2.05, 4.69) is 5.32 Å². The molecule has 1 aliphatic heterocycles. The van der Waals surface area contributed by atoms with Crippen LogP contribution in [0.1, 0.15) is 31.1 Å². The molecule has 0 unspecified atom stereocenters. The molecule has 5 nitrogen and oxygen atoms in total. The minimum atomic E-state index is -0.242. The standard InChI is InChI=1S/C16H23N3O2.ClH/c1-16(2,3)17-15(21)19-11-9-18(10-12-19)14(20)13-7-5-4-6-8-13;/h4-8H,9-12H2,1-3H3,(H,17,21);1H. The fraction of sp³-hybridized carbons (Fsp3) is 0.500. The smallest absolute Gasteiger partial charge is 0.317 e. The number of amides is 3. The lowest BCUT2D eigenvalue weighted by Crippen LogP contribution is -2.56. The Bertz CT molecular complexity index is 506. The van der Waals surface area contributed by atoms with Crippen molar-refractivity contribution in [2.24, 2.45) is 0 Å². The number of hydrogen-bond acceptors (Lipinski definition) is 2. The zero-order valence-corrected chi connectivity index (χ0v) is 14.2. The van der Waals surface area contributed by atoms with Crippen LogP contribution in [0.25, 0.3) is 0 Å². The van der Waals surface area contributed by atoms with Crippen molar-refractivity contribution < 1.29 is 9.59 Å². The lowest BCUT2D eigenvalue weighted by molar-refractivity contribution is 0.0661. The third kappa shape index (κ3) is 4.91. The van der Waals surface area contributed by atoms with E-state index in [9.17, 15) is 9.59 Å². The van der Waals surface area contributed by atoms with Gasteiger partial charge in [-0.15, -0.1) is 12.4 Å². The van der Waals surface area contributed by atoms with Crippen LogP contribution in [-0.4, -0.2) is 53.5 Å². The van der Waals surface area contributed by atoms with Gasteiger partial charge in [-0.2, -0.15) is 0 Å². The molecule has 1 heterocycles. The monoisotopic (exact) mass is 325 g/mol. The van der Waals surface area contributed by atoms with E-state index in [1.807, 2.05) is 51.1 Å². The maximum Gasteiger partial charge on any atom is 0.317 e. The first-order chi connectivity index (χ1) is 9.87. The van der Waals surface area contributed by atoms with Gasteiger partial charge in [0.05, 0.1) is 0 Å². The molecule has 3 amide bonds. The van der Waals surface area contributed by atoms with E-state index in [1.54, 1.807) is 9.80 Å². The van der Waals surface area contributed by atoms with Gasteiger partial charge in [0.25, 0.3) is 5.91 Å². The SMILES string of the molecule is CC(C)(C)NC(=O)N1CCN(C(=O)c2ccccc2)CC1.Cl. The Morgan fingerprint density at radius 2 is 1.45 bits per heavy atom. The number of carbonyl (C=O) groups excluding carboxylic acids is 2. The van der Waals surface area contributed by atoms with Crippen LogP contribution in [-0.2, 0) is 0 Å². The van der Waals surface area contributed by atoms with Crippen molar-refractivity contribution in [2.75, 3.05) is 26.2 Å². The van der Waals surface area contributed by atoms with E-state index in [-0.39, 0.29) is 29.9 Å². The molecule has 0 saturated carbocycles. The topological polar surface area (TPSA) is 52.7 Å². The molecule has 1 N–H and O–H groups in total. The minimum Gasteiger partial charge on any atom is -0.335 e.